The smallest absolute Gasteiger partial charge is 0.333 e. The highest BCUT2D eigenvalue weighted by Gasteiger charge is 2.28. The first-order chi connectivity index (χ1) is 11.1. The Balaban J connectivity index is 2.00. The molecule has 0 saturated heterocycles. The third kappa shape index (κ3) is 6.58. The van der Waals surface area contributed by atoms with Gasteiger partial charge in [0.25, 0.3) is 0 Å². The van der Waals surface area contributed by atoms with E-state index in [0.29, 0.717) is 5.33 Å². The molecule has 6 heteroatoms. The van der Waals surface area contributed by atoms with Crippen LogP contribution in [0.1, 0.15) is 11.1 Å². The zero-order chi connectivity index (χ0) is 16.5. The lowest BCUT2D eigenvalue weighted by molar-refractivity contribution is 0.167. The third-order valence-electron chi connectivity index (χ3n) is 3.15. The zero-order valence-corrected chi connectivity index (χ0v) is 15.2. The summed E-state index contributed by atoms with van der Waals surface area (Å²) in [5.74, 6) is 0. The lowest BCUT2D eigenvalue weighted by atomic mass is 10.2. The number of aliphatic hydroxyl groups is 1. The van der Waals surface area contributed by atoms with Gasteiger partial charge in [-0.1, -0.05) is 76.6 Å². The van der Waals surface area contributed by atoms with Crippen molar-refractivity contribution in [3.8, 4) is 0 Å². The van der Waals surface area contributed by atoms with Gasteiger partial charge in [-0.15, -0.1) is 0 Å². The van der Waals surface area contributed by atoms with Crippen LogP contribution in [0, 0.1) is 0 Å². The van der Waals surface area contributed by atoms with Crippen molar-refractivity contribution in [2.45, 2.75) is 19.3 Å². The van der Waals surface area contributed by atoms with Crippen LogP contribution in [0.2, 0.25) is 0 Å². The minimum absolute atomic E-state index is 0.0437. The van der Waals surface area contributed by atoms with E-state index >= 15 is 0 Å². The number of rotatable bonds is 9. The number of halogens is 1. The summed E-state index contributed by atoms with van der Waals surface area (Å²) in [7, 11) is -3.40. The van der Waals surface area contributed by atoms with Crippen molar-refractivity contribution in [1.82, 2.24) is 0 Å². The van der Waals surface area contributed by atoms with Gasteiger partial charge < -0.3 is 14.2 Å². The Bertz CT molecular complexity index is 574. The van der Waals surface area contributed by atoms with Crippen LogP contribution >= 0.6 is 23.5 Å². The molecule has 0 spiro atoms. The van der Waals surface area contributed by atoms with Gasteiger partial charge in [-0.05, 0) is 11.1 Å². The quantitative estimate of drug-likeness (QED) is 0.503. The molecule has 2 aromatic rings. The van der Waals surface area contributed by atoms with Crippen molar-refractivity contribution in [3.63, 3.8) is 0 Å². The summed E-state index contributed by atoms with van der Waals surface area (Å²) in [5, 5.41) is 10.1. The second-order valence-corrected chi connectivity index (χ2v) is 7.87. The molecule has 0 aromatic heterocycles. The second kappa shape index (κ2) is 9.36. The van der Waals surface area contributed by atoms with Gasteiger partial charge in [-0.2, -0.15) is 0 Å². The molecule has 1 N–H and O–H groups in total. The molecule has 2 aromatic carbocycles. The van der Waals surface area contributed by atoms with E-state index in [1.807, 2.05) is 60.7 Å². The van der Waals surface area contributed by atoms with Crippen molar-refractivity contribution >= 4 is 23.5 Å². The predicted octanol–water partition coefficient (Wildman–Crippen LogP) is 4.37. The summed E-state index contributed by atoms with van der Waals surface area (Å²) in [6.45, 7) is 0.365. The van der Waals surface area contributed by atoms with Crippen molar-refractivity contribution < 1.29 is 18.7 Å². The van der Waals surface area contributed by atoms with Crippen molar-refractivity contribution in [1.29, 1.82) is 0 Å². The Morgan fingerprint density at radius 2 is 1.35 bits per heavy atom. The van der Waals surface area contributed by atoms with Gasteiger partial charge in [0.2, 0.25) is 0 Å². The molecular formula is C17H20BrO4P. The van der Waals surface area contributed by atoms with Gasteiger partial charge in [0.1, 0.15) is 0 Å². The first-order valence-electron chi connectivity index (χ1n) is 7.31. The summed E-state index contributed by atoms with van der Waals surface area (Å²) in [6, 6.07) is 18.9. The molecular weight excluding hydrogens is 379 g/mol. The average molecular weight is 399 g/mol. The maximum Gasteiger partial charge on any atom is 0.333 e. The molecule has 0 amide bonds. The fourth-order valence-corrected chi connectivity index (χ4v) is 4.15. The largest absolute Gasteiger partial charge is 0.392 e. The van der Waals surface area contributed by atoms with E-state index in [2.05, 4.69) is 15.9 Å². The topological polar surface area (TPSA) is 55.8 Å². The van der Waals surface area contributed by atoms with Crippen LogP contribution in [0.3, 0.4) is 0 Å². The van der Waals surface area contributed by atoms with Crippen LogP contribution in [-0.2, 0) is 26.8 Å². The van der Waals surface area contributed by atoms with Crippen LogP contribution in [0.5, 0.6) is 0 Å². The Labute approximate surface area is 145 Å². The van der Waals surface area contributed by atoms with E-state index in [4.69, 9.17) is 9.05 Å². The van der Waals surface area contributed by atoms with Crippen LogP contribution in [0.15, 0.2) is 60.7 Å². The van der Waals surface area contributed by atoms with Gasteiger partial charge in [0.05, 0.1) is 25.5 Å². The number of benzene rings is 2. The Morgan fingerprint density at radius 1 is 0.913 bits per heavy atom. The molecule has 2 rings (SSSR count). The molecule has 0 unspecified atom stereocenters. The van der Waals surface area contributed by atoms with Crippen LogP contribution in [0.4, 0.5) is 0 Å². The van der Waals surface area contributed by atoms with Crippen LogP contribution in [0.25, 0.3) is 0 Å². The molecule has 0 radical (unpaired) electrons. The molecule has 0 bridgehead atoms. The summed E-state index contributed by atoms with van der Waals surface area (Å²) >= 11 is 3.18. The minimum atomic E-state index is -3.40. The van der Waals surface area contributed by atoms with E-state index in [1.54, 1.807) is 0 Å². The highest BCUT2D eigenvalue weighted by atomic mass is 79.9. The summed E-state index contributed by atoms with van der Waals surface area (Å²) in [4.78, 5) is 0. The first kappa shape index (κ1) is 18.4. The highest BCUT2D eigenvalue weighted by Crippen LogP contribution is 2.50. The van der Waals surface area contributed by atoms with E-state index in [-0.39, 0.29) is 19.4 Å². The van der Waals surface area contributed by atoms with E-state index < -0.39 is 13.7 Å². The molecule has 0 heterocycles. The van der Waals surface area contributed by atoms with Gasteiger partial charge >= 0.3 is 7.60 Å². The van der Waals surface area contributed by atoms with Crippen LogP contribution in [-0.4, -0.2) is 22.7 Å². The molecule has 0 aliphatic carbocycles. The van der Waals surface area contributed by atoms with Crippen molar-refractivity contribution in [2.75, 3.05) is 11.5 Å². The van der Waals surface area contributed by atoms with Crippen LogP contribution < -0.4 is 0 Å². The Kier molecular flexibility index (Phi) is 7.47. The molecule has 124 valence electrons. The molecule has 0 fully saturated rings. The SMILES string of the molecule is O=P(C[C@@H](O)CBr)(OCc1ccccc1)OCc1ccccc1. The number of alkyl halides is 1. The Morgan fingerprint density at radius 3 is 1.74 bits per heavy atom. The number of aliphatic hydroxyl groups excluding tert-OH is 1. The first-order valence-corrected chi connectivity index (χ1v) is 10.2. The summed E-state index contributed by atoms with van der Waals surface area (Å²) in [5.41, 5.74) is 1.81. The van der Waals surface area contributed by atoms with Crippen molar-refractivity contribution in [3.05, 3.63) is 71.8 Å². The normalized spacial score (nSPS) is 13.0. The Hall–Kier alpha value is -0.970. The lowest BCUT2D eigenvalue weighted by Gasteiger charge is -2.20. The molecule has 1 atom stereocenters. The molecule has 23 heavy (non-hydrogen) atoms. The van der Waals surface area contributed by atoms with Gasteiger partial charge in [0, 0.05) is 5.33 Å². The number of hydrogen-bond donors (Lipinski definition) is 1. The molecule has 4 nitrogen and oxygen atoms in total. The second-order valence-electron chi connectivity index (χ2n) is 5.12. The fourth-order valence-electron chi connectivity index (χ4n) is 1.94. The average Bonchev–Trinajstić information content (AvgIpc) is 2.60. The van der Waals surface area contributed by atoms with Gasteiger partial charge in [-0.25, -0.2) is 0 Å². The minimum Gasteiger partial charge on any atom is -0.392 e. The molecule has 0 aliphatic heterocycles. The van der Waals surface area contributed by atoms with Gasteiger partial charge in [-0.3, -0.25) is 4.57 Å². The van der Waals surface area contributed by atoms with Crippen molar-refractivity contribution in [2.24, 2.45) is 0 Å². The fraction of sp³-hybridized carbons (Fsp3) is 0.294. The van der Waals surface area contributed by atoms with Gasteiger partial charge in [0.15, 0.2) is 0 Å². The highest BCUT2D eigenvalue weighted by molar-refractivity contribution is 9.09. The lowest BCUT2D eigenvalue weighted by Crippen LogP contribution is -2.16. The summed E-state index contributed by atoms with van der Waals surface area (Å²) < 4.78 is 24.0. The predicted molar refractivity (Wildman–Crippen MR) is 94.7 cm³/mol. The van der Waals surface area contributed by atoms with E-state index in [1.165, 1.54) is 0 Å². The summed E-state index contributed by atoms with van der Waals surface area (Å²) in [6.07, 6.45) is -0.829. The molecule has 0 aliphatic rings. The molecule has 0 saturated carbocycles. The number of hydrogen-bond acceptors (Lipinski definition) is 4. The zero-order valence-electron chi connectivity index (χ0n) is 12.7. The standard InChI is InChI=1S/C17H20BrO4P/c18-11-17(19)14-23(20,21-12-15-7-3-1-4-8-15)22-13-16-9-5-2-6-10-16/h1-10,17,19H,11-14H2/t17-/m0/s1. The third-order valence-corrected chi connectivity index (χ3v) is 5.82. The van der Waals surface area contributed by atoms with E-state index in [0.717, 1.165) is 11.1 Å². The maximum atomic E-state index is 12.9. The maximum absolute atomic E-state index is 12.9. The monoisotopic (exact) mass is 398 g/mol. The van der Waals surface area contributed by atoms with E-state index in [9.17, 15) is 9.67 Å².